The Morgan fingerprint density at radius 3 is 2.72 bits per heavy atom. The second kappa shape index (κ2) is 8.79. The van der Waals surface area contributed by atoms with Gasteiger partial charge in [-0.25, -0.2) is 0 Å². The number of nitrogens with zero attached hydrogens (tertiary/aromatic N) is 2. The first kappa shape index (κ1) is 18.4. The van der Waals surface area contributed by atoms with E-state index in [4.69, 9.17) is 0 Å². The number of carbonyl (C=O) groups excluding carboxylic acids is 1. The van der Waals surface area contributed by atoms with E-state index in [9.17, 15) is 4.79 Å². The molecule has 25 heavy (non-hydrogen) atoms. The lowest BCUT2D eigenvalue weighted by Gasteiger charge is -2.45. The molecule has 2 aliphatic rings. The van der Waals surface area contributed by atoms with Gasteiger partial charge >= 0.3 is 0 Å². The Kier molecular flexibility index (Phi) is 6.45. The summed E-state index contributed by atoms with van der Waals surface area (Å²) in [5, 5.41) is 6.57. The molecule has 5 nitrogen and oxygen atoms in total. The van der Waals surface area contributed by atoms with E-state index < -0.39 is 0 Å². The summed E-state index contributed by atoms with van der Waals surface area (Å²) < 4.78 is 0. The number of benzene rings is 1. The van der Waals surface area contributed by atoms with E-state index in [1.54, 1.807) is 0 Å². The van der Waals surface area contributed by atoms with Gasteiger partial charge in [-0.05, 0) is 64.5 Å². The van der Waals surface area contributed by atoms with Crippen LogP contribution < -0.4 is 10.6 Å². The van der Waals surface area contributed by atoms with Crippen LogP contribution >= 0.6 is 0 Å². The highest BCUT2D eigenvalue weighted by atomic mass is 16.2. The van der Waals surface area contributed by atoms with Gasteiger partial charge in [0.05, 0.1) is 6.54 Å². The number of rotatable bonds is 5. The fourth-order valence-electron chi connectivity index (χ4n) is 4.20. The summed E-state index contributed by atoms with van der Waals surface area (Å²) in [4.78, 5) is 17.3. The van der Waals surface area contributed by atoms with E-state index in [2.05, 4.69) is 39.6 Å². The standard InChI is InChI=1S/C20H32N4O/c1-23-14-5-15-24(17-20(23)9-12-21-13-10-20)16-19(25)22-11-8-18-6-3-2-4-7-18/h2-4,6-7,21H,5,8-17H2,1H3,(H,22,25). The normalized spacial score (nSPS) is 21.8. The Labute approximate surface area is 151 Å². The molecule has 0 saturated carbocycles. The Morgan fingerprint density at radius 1 is 1.20 bits per heavy atom. The maximum Gasteiger partial charge on any atom is 0.234 e. The van der Waals surface area contributed by atoms with Gasteiger partial charge < -0.3 is 10.6 Å². The zero-order valence-electron chi connectivity index (χ0n) is 15.5. The van der Waals surface area contributed by atoms with Gasteiger partial charge in [-0.3, -0.25) is 14.6 Å². The van der Waals surface area contributed by atoms with Crippen molar-refractivity contribution in [3.8, 4) is 0 Å². The molecule has 2 aliphatic heterocycles. The van der Waals surface area contributed by atoms with E-state index in [-0.39, 0.29) is 11.4 Å². The van der Waals surface area contributed by atoms with Crippen LogP contribution in [-0.2, 0) is 11.2 Å². The van der Waals surface area contributed by atoms with Crippen molar-refractivity contribution < 1.29 is 4.79 Å². The van der Waals surface area contributed by atoms with Crippen molar-refractivity contribution in [3.05, 3.63) is 35.9 Å². The molecule has 138 valence electrons. The van der Waals surface area contributed by atoms with Gasteiger partial charge in [-0.1, -0.05) is 30.3 Å². The lowest BCUT2D eigenvalue weighted by atomic mass is 9.86. The molecule has 2 fully saturated rings. The molecule has 1 spiro atoms. The zero-order chi connectivity index (χ0) is 17.5. The summed E-state index contributed by atoms with van der Waals surface area (Å²) in [5.41, 5.74) is 1.51. The molecule has 0 atom stereocenters. The highest BCUT2D eigenvalue weighted by Gasteiger charge is 2.39. The number of piperidine rings is 1. The van der Waals surface area contributed by atoms with Crippen molar-refractivity contribution in [2.45, 2.75) is 31.2 Å². The van der Waals surface area contributed by atoms with Crippen LogP contribution in [0.5, 0.6) is 0 Å². The van der Waals surface area contributed by atoms with Crippen LogP contribution in [-0.4, -0.2) is 74.1 Å². The van der Waals surface area contributed by atoms with E-state index in [1.807, 2.05) is 18.2 Å². The Hall–Kier alpha value is -1.43. The van der Waals surface area contributed by atoms with Crippen LogP contribution in [0.3, 0.4) is 0 Å². The minimum Gasteiger partial charge on any atom is -0.355 e. The smallest absolute Gasteiger partial charge is 0.234 e. The SMILES string of the molecule is CN1CCCN(CC(=O)NCCc2ccccc2)CC12CCNCC2. The second-order valence-electron chi connectivity index (χ2n) is 7.55. The summed E-state index contributed by atoms with van der Waals surface area (Å²) in [6, 6.07) is 10.3. The first-order chi connectivity index (χ1) is 12.2. The fourth-order valence-corrected chi connectivity index (χ4v) is 4.20. The molecule has 1 amide bonds. The Balaban J connectivity index is 1.48. The molecular weight excluding hydrogens is 312 g/mol. The molecule has 1 aromatic carbocycles. The van der Waals surface area contributed by atoms with E-state index in [1.165, 1.54) is 18.4 Å². The van der Waals surface area contributed by atoms with Gasteiger partial charge in [0.15, 0.2) is 0 Å². The van der Waals surface area contributed by atoms with Crippen molar-refractivity contribution >= 4 is 5.91 Å². The minimum absolute atomic E-state index is 0.157. The van der Waals surface area contributed by atoms with Crippen LogP contribution in [0.15, 0.2) is 30.3 Å². The van der Waals surface area contributed by atoms with Crippen LogP contribution in [0.2, 0.25) is 0 Å². The summed E-state index contributed by atoms with van der Waals surface area (Å²) in [6.45, 7) is 6.57. The molecule has 0 radical (unpaired) electrons. The number of hydrogen-bond donors (Lipinski definition) is 2. The third kappa shape index (κ3) is 5.03. The van der Waals surface area contributed by atoms with Gasteiger partial charge in [0.2, 0.25) is 5.91 Å². The topological polar surface area (TPSA) is 47.6 Å². The maximum absolute atomic E-state index is 12.4. The van der Waals surface area contributed by atoms with Gasteiger partial charge in [0.1, 0.15) is 0 Å². The molecule has 0 bridgehead atoms. The quantitative estimate of drug-likeness (QED) is 0.840. The predicted octanol–water partition coefficient (Wildman–Crippen LogP) is 1.11. The van der Waals surface area contributed by atoms with Crippen molar-refractivity contribution in [1.82, 2.24) is 20.4 Å². The van der Waals surface area contributed by atoms with Gasteiger partial charge in [0, 0.05) is 18.6 Å². The Morgan fingerprint density at radius 2 is 1.96 bits per heavy atom. The predicted molar refractivity (Wildman–Crippen MR) is 102 cm³/mol. The number of hydrogen-bond acceptors (Lipinski definition) is 4. The zero-order valence-corrected chi connectivity index (χ0v) is 15.5. The van der Waals surface area contributed by atoms with Crippen LogP contribution in [0.25, 0.3) is 0 Å². The van der Waals surface area contributed by atoms with Crippen molar-refractivity contribution in [3.63, 3.8) is 0 Å². The number of likely N-dealkylation sites (N-methyl/N-ethyl adjacent to an activating group) is 1. The molecule has 0 unspecified atom stereocenters. The second-order valence-corrected chi connectivity index (χ2v) is 7.55. The van der Waals surface area contributed by atoms with E-state index in [0.717, 1.165) is 45.6 Å². The summed E-state index contributed by atoms with van der Waals surface area (Å²) in [7, 11) is 2.26. The lowest BCUT2D eigenvalue weighted by molar-refractivity contribution is -0.122. The van der Waals surface area contributed by atoms with Crippen molar-refractivity contribution in [2.24, 2.45) is 0 Å². The maximum atomic E-state index is 12.4. The monoisotopic (exact) mass is 344 g/mol. The Bertz CT molecular complexity index is 542. The lowest BCUT2D eigenvalue weighted by Crippen LogP contribution is -2.58. The van der Waals surface area contributed by atoms with Crippen molar-refractivity contribution in [2.75, 3.05) is 52.9 Å². The first-order valence-electron chi connectivity index (χ1n) is 9.63. The molecule has 3 rings (SSSR count). The molecule has 0 aliphatic carbocycles. The van der Waals surface area contributed by atoms with E-state index >= 15 is 0 Å². The average Bonchev–Trinajstić information content (AvgIpc) is 2.76. The molecule has 5 heteroatoms. The third-order valence-corrected chi connectivity index (χ3v) is 5.78. The molecule has 2 saturated heterocycles. The highest BCUT2D eigenvalue weighted by Crippen LogP contribution is 2.28. The molecule has 2 N–H and O–H groups in total. The minimum atomic E-state index is 0.157. The van der Waals surface area contributed by atoms with Gasteiger partial charge in [-0.15, -0.1) is 0 Å². The molecular formula is C20H32N4O. The number of nitrogens with one attached hydrogen (secondary N) is 2. The molecule has 0 aromatic heterocycles. The first-order valence-corrected chi connectivity index (χ1v) is 9.63. The fraction of sp³-hybridized carbons (Fsp3) is 0.650. The van der Waals surface area contributed by atoms with E-state index in [0.29, 0.717) is 13.1 Å². The van der Waals surface area contributed by atoms with Crippen LogP contribution in [0, 0.1) is 0 Å². The van der Waals surface area contributed by atoms with Crippen LogP contribution in [0.4, 0.5) is 0 Å². The van der Waals surface area contributed by atoms with Crippen LogP contribution in [0.1, 0.15) is 24.8 Å². The number of carbonyl (C=O) groups is 1. The summed E-state index contributed by atoms with van der Waals surface area (Å²) >= 11 is 0. The average molecular weight is 345 g/mol. The van der Waals surface area contributed by atoms with Gasteiger partial charge in [0.25, 0.3) is 0 Å². The third-order valence-electron chi connectivity index (χ3n) is 5.78. The largest absolute Gasteiger partial charge is 0.355 e. The van der Waals surface area contributed by atoms with Gasteiger partial charge in [-0.2, -0.15) is 0 Å². The molecule has 2 heterocycles. The summed E-state index contributed by atoms with van der Waals surface area (Å²) in [5.74, 6) is 0.157. The molecule has 1 aromatic rings. The highest BCUT2D eigenvalue weighted by molar-refractivity contribution is 5.78. The summed E-state index contributed by atoms with van der Waals surface area (Å²) in [6.07, 6.45) is 4.39. The number of amides is 1. The van der Waals surface area contributed by atoms with Crippen molar-refractivity contribution in [1.29, 1.82) is 0 Å².